The Labute approximate surface area is 152 Å². The molecule has 0 saturated heterocycles. The minimum atomic E-state index is -0.297. The molecule has 0 bridgehead atoms. The Bertz CT molecular complexity index is 933. The highest BCUT2D eigenvalue weighted by atomic mass is 16.6. The van der Waals surface area contributed by atoms with Gasteiger partial charge in [0.25, 0.3) is 5.69 Å². The van der Waals surface area contributed by atoms with Crippen LogP contribution in [0.4, 0.5) is 5.69 Å². The largest absolute Gasteiger partial charge is 0.348 e. The van der Waals surface area contributed by atoms with Crippen molar-refractivity contribution in [1.82, 2.24) is 9.47 Å². The van der Waals surface area contributed by atoms with E-state index in [1.807, 2.05) is 19.1 Å². The first-order chi connectivity index (χ1) is 12.6. The molecule has 3 aromatic rings. The molecule has 5 nitrogen and oxygen atoms in total. The molecule has 0 radical (unpaired) electrons. The van der Waals surface area contributed by atoms with Crippen LogP contribution in [-0.2, 0) is 13.1 Å². The van der Waals surface area contributed by atoms with E-state index in [2.05, 4.69) is 52.1 Å². The number of benzene rings is 2. The third kappa shape index (κ3) is 2.91. The summed E-state index contributed by atoms with van der Waals surface area (Å²) in [5.74, 6) is 0. The van der Waals surface area contributed by atoms with Crippen LogP contribution in [0.1, 0.15) is 28.4 Å². The second-order valence-corrected chi connectivity index (χ2v) is 6.73. The third-order valence-corrected chi connectivity index (χ3v) is 5.24. The summed E-state index contributed by atoms with van der Waals surface area (Å²) in [6, 6.07) is 20.2. The molecule has 0 aliphatic carbocycles. The van der Waals surface area contributed by atoms with E-state index in [-0.39, 0.29) is 16.7 Å². The normalized spacial score (nSPS) is 17.0. The maximum absolute atomic E-state index is 11.3. The van der Waals surface area contributed by atoms with Gasteiger partial charge >= 0.3 is 0 Å². The van der Waals surface area contributed by atoms with Crippen molar-refractivity contribution in [2.75, 3.05) is 6.54 Å². The van der Waals surface area contributed by atoms with Gasteiger partial charge in [-0.3, -0.25) is 15.0 Å². The molecule has 1 aromatic heterocycles. The molecule has 0 fully saturated rings. The number of fused-ring (bicyclic) bond motifs is 1. The summed E-state index contributed by atoms with van der Waals surface area (Å²) < 4.78 is 2.30. The molecule has 1 aliphatic heterocycles. The number of nitro groups is 1. The summed E-state index contributed by atoms with van der Waals surface area (Å²) >= 11 is 0. The lowest BCUT2D eigenvalue weighted by Gasteiger charge is -2.37. The van der Waals surface area contributed by atoms with E-state index < -0.39 is 0 Å². The van der Waals surface area contributed by atoms with Crippen LogP contribution in [0.5, 0.6) is 0 Å². The van der Waals surface area contributed by atoms with Gasteiger partial charge in [0.05, 0.1) is 11.0 Å². The van der Waals surface area contributed by atoms with Crippen molar-refractivity contribution in [3.8, 4) is 0 Å². The molecule has 26 heavy (non-hydrogen) atoms. The Hall–Kier alpha value is -2.92. The quantitative estimate of drug-likeness (QED) is 0.522. The third-order valence-electron chi connectivity index (χ3n) is 5.24. The number of hydrogen-bond donors (Lipinski definition) is 0. The average Bonchev–Trinajstić information content (AvgIpc) is 3.12. The number of rotatable bonds is 4. The lowest BCUT2D eigenvalue weighted by Crippen LogP contribution is -2.38. The Morgan fingerprint density at radius 2 is 1.85 bits per heavy atom. The van der Waals surface area contributed by atoms with Crippen LogP contribution in [0.2, 0.25) is 0 Å². The van der Waals surface area contributed by atoms with Crippen molar-refractivity contribution >= 4 is 5.69 Å². The molecule has 1 unspecified atom stereocenters. The molecule has 0 amide bonds. The predicted octanol–water partition coefficient (Wildman–Crippen LogP) is 4.31. The van der Waals surface area contributed by atoms with Gasteiger partial charge in [0.2, 0.25) is 0 Å². The first-order valence-electron chi connectivity index (χ1n) is 8.82. The molecule has 2 heterocycles. The molecule has 5 heteroatoms. The highest BCUT2D eigenvalue weighted by molar-refractivity contribution is 5.44. The van der Waals surface area contributed by atoms with Gasteiger partial charge in [0.1, 0.15) is 0 Å². The fourth-order valence-corrected chi connectivity index (χ4v) is 3.88. The van der Waals surface area contributed by atoms with Crippen LogP contribution in [0.15, 0.2) is 66.9 Å². The van der Waals surface area contributed by atoms with Crippen molar-refractivity contribution in [3.63, 3.8) is 0 Å². The van der Waals surface area contributed by atoms with Crippen molar-refractivity contribution in [1.29, 1.82) is 0 Å². The molecule has 0 saturated carbocycles. The molecule has 0 N–H and O–H groups in total. The summed E-state index contributed by atoms with van der Waals surface area (Å²) in [5.41, 5.74) is 4.48. The van der Waals surface area contributed by atoms with Crippen LogP contribution in [0.3, 0.4) is 0 Å². The SMILES string of the molecule is Cc1c(CN2CCn3cccc3C2c2ccccc2)cccc1[N+](=O)[O-]. The van der Waals surface area contributed by atoms with Crippen LogP contribution in [0, 0.1) is 17.0 Å². The summed E-state index contributed by atoms with van der Waals surface area (Å²) in [6.07, 6.45) is 2.13. The number of nitro benzene ring substituents is 1. The zero-order chi connectivity index (χ0) is 18.1. The zero-order valence-electron chi connectivity index (χ0n) is 14.7. The Kier molecular flexibility index (Phi) is 4.31. The van der Waals surface area contributed by atoms with Crippen molar-refractivity contribution in [2.45, 2.75) is 26.1 Å². The molecule has 1 atom stereocenters. The molecule has 1 aliphatic rings. The van der Waals surface area contributed by atoms with Gasteiger partial charge in [-0.05, 0) is 30.2 Å². The first kappa shape index (κ1) is 16.5. The fraction of sp³-hybridized carbons (Fsp3) is 0.238. The highest BCUT2D eigenvalue weighted by Gasteiger charge is 2.29. The molecular weight excluding hydrogens is 326 g/mol. The standard InChI is InChI=1S/C21H21N3O2/c1-16-18(9-5-10-19(16)24(25)26)15-23-14-13-22-12-6-11-20(22)21(23)17-7-3-2-4-8-17/h2-12,21H,13-15H2,1H3. The zero-order valence-corrected chi connectivity index (χ0v) is 14.7. The summed E-state index contributed by atoms with van der Waals surface area (Å²) in [7, 11) is 0. The molecule has 4 rings (SSSR count). The van der Waals surface area contributed by atoms with Gasteiger partial charge in [0, 0.05) is 43.2 Å². The predicted molar refractivity (Wildman–Crippen MR) is 101 cm³/mol. The van der Waals surface area contributed by atoms with Crippen LogP contribution >= 0.6 is 0 Å². The lowest BCUT2D eigenvalue weighted by molar-refractivity contribution is -0.385. The van der Waals surface area contributed by atoms with Gasteiger partial charge in [-0.25, -0.2) is 0 Å². The van der Waals surface area contributed by atoms with Crippen molar-refractivity contribution in [2.24, 2.45) is 0 Å². The van der Waals surface area contributed by atoms with Crippen LogP contribution < -0.4 is 0 Å². The lowest BCUT2D eigenvalue weighted by atomic mass is 9.98. The number of aromatic nitrogens is 1. The minimum Gasteiger partial charge on any atom is -0.348 e. The van der Waals surface area contributed by atoms with E-state index in [0.29, 0.717) is 6.54 Å². The van der Waals surface area contributed by atoms with E-state index in [4.69, 9.17) is 0 Å². The monoisotopic (exact) mass is 347 g/mol. The maximum Gasteiger partial charge on any atom is 0.272 e. The summed E-state index contributed by atoms with van der Waals surface area (Å²) in [5, 5.41) is 11.3. The second kappa shape index (κ2) is 6.77. The first-order valence-corrected chi connectivity index (χ1v) is 8.82. The molecular formula is C21H21N3O2. The topological polar surface area (TPSA) is 51.3 Å². The molecule has 2 aromatic carbocycles. The van der Waals surface area contributed by atoms with E-state index in [9.17, 15) is 10.1 Å². The van der Waals surface area contributed by atoms with Gasteiger partial charge in [-0.2, -0.15) is 0 Å². The highest BCUT2D eigenvalue weighted by Crippen LogP contribution is 2.34. The van der Waals surface area contributed by atoms with E-state index in [1.54, 1.807) is 12.1 Å². The average molecular weight is 347 g/mol. The van der Waals surface area contributed by atoms with E-state index in [1.165, 1.54) is 11.3 Å². The number of nitrogens with zero attached hydrogens (tertiary/aromatic N) is 3. The van der Waals surface area contributed by atoms with E-state index >= 15 is 0 Å². The second-order valence-electron chi connectivity index (χ2n) is 6.73. The fourth-order valence-electron chi connectivity index (χ4n) is 3.88. The van der Waals surface area contributed by atoms with Gasteiger partial charge in [-0.1, -0.05) is 42.5 Å². The van der Waals surface area contributed by atoms with Crippen molar-refractivity contribution in [3.05, 3.63) is 99.4 Å². The van der Waals surface area contributed by atoms with Gasteiger partial charge < -0.3 is 4.57 Å². The van der Waals surface area contributed by atoms with Crippen molar-refractivity contribution < 1.29 is 4.92 Å². The summed E-state index contributed by atoms with van der Waals surface area (Å²) in [4.78, 5) is 13.4. The molecule has 0 spiro atoms. The van der Waals surface area contributed by atoms with Gasteiger partial charge in [0.15, 0.2) is 0 Å². The van der Waals surface area contributed by atoms with Gasteiger partial charge in [-0.15, -0.1) is 0 Å². The molecule has 132 valence electrons. The summed E-state index contributed by atoms with van der Waals surface area (Å²) in [6.45, 7) is 4.37. The maximum atomic E-state index is 11.3. The Morgan fingerprint density at radius 3 is 2.62 bits per heavy atom. The smallest absolute Gasteiger partial charge is 0.272 e. The van der Waals surface area contributed by atoms with Crippen LogP contribution in [0.25, 0.3) is 0 Å². The number of hydrogen-bond acceptors (Lipinski definition) is 3. The minimum absolute atomic E-state index is 0.151. The Morgan fingerprint density at radius 1 is 1.04 bits per heavy atom. The Balaban J connectivity index is 1.72. The van der Waals surface area contributed by atoms with Crippen LogP contribution in [-0.4, -0.2) is 20.9 Å². The van der Waals surface area contributed by atoms with E-state index in [0.717, 1.165) is 24.2 Å².